The molecule has 1 atom stereocenters. The van der Waals surface area contributed by atoms with Gasteiger partial charge >= 0.3 is 242 Å². The molecule has 3 aliphatic rings. The van der Waals surface area contributed by atoms with Crippen LogP contribution in [0.25, 0.3) is 49.9 Å². The summed E-state index contributed by atoms with van der Waals surface area (Å²) < 4.78 is 4.28. The van der Waals surface area contributed by atoms with Gasteiger partial charge in [0.25, 0.3) is 0 Å². The van der Waals surface area contributed by atoms with Crippen molar-refractivity contribution < 1.29 is 20.3 Å². The van der Waals surface area contributed by atoms with Crippen LogP contribution in [0.1, 0.15) is 36.4 Å². The molecule has 40 heavy (non-hydrogen) atoms. The standard InChI is InChI=1S/C24H17.C13H9.C2H4.Zr/c1-16-13-17-8-6-12-22(23(17)14-16)24-15-18-7-2-3-9-19(18)20-10-4-5-11-21(20)24;1-3-7-12-10(5-1)9-11-6-2-4-8-13(11)12;1-2;/h2-15H,1H3;1-9H;1-2H2;. The Balaban J connectivity index is 1.24. The summed E-state index contributed by atoms with van der Waals surface area (Å²) in [5.74, 6) is 0. The molecule has 1 fully saturated rings. The number of allylic oxidation sites excluding steroid dienone is 1. The molecule has 0 nitrogen and oxygen atoms in total. The number of rotatable bonds is 3. The van der Waals surface area contributed by atoms with Gasteiger partial charge in [-0.25, -0.2) is 0 Å². The topological polar surface area (TPSA) is 0 Å². The zero-order valence-corrected chi connectivity index (χ0v) is 25.2. The van der Waals surface area contributed by atoms with Crippen molar-refractivity contribution in [2.24, 2.45) is 0 Å². The van der Waals surface area contributed by atoms with Gasteiger partial charge in [0, 0.05) is 0 Å². The molecule has 0 amide bonds. The van der Waals surface area contributed by atoms with Crippen molar-refractivity contribution in [1.29, 1.82) is 0 Å². The van der Waals surface area contributed by atoms with Crippen LogP contribution in [0.3, 0.4) is 0 Å². The van der Waals surface area contributed by atoms with E-state index < -0.39 is 20.3 Å². The van der Waals surface area contributed by atoms with Gasteiger partial charge in [-0.05, 0) is 0 Å². The summed E-state index contributed by atoms with van der Waals surface area (Å²) >= 11 is -2.68. The average Bonchev–Trinajstić information content (AvgIpc) is 3.59. The van der Waals surface area contributed by atoms with Crippen molar-refractivity contribution >= 4 is 27.6 Å². The first-order valence-corrected chi connectivity index (χ1v) is 21.0. The van der Waals surface area contributed by atoms with Crippen LogP contribution in [0, 0.1) is 0 Å². The monoisotopic (exact) mass is 588 g/mol. The van der Waals surface area contributed by atoms with Crippen LogP contribution in [0.15, 0.2) is 127 Å². The summed E-state index contributed by atoms with van der Waals surface area (Å²) in [6.45, 7) is 2.44. The van der Waals surface area contributed by atoms with E-state index in [1.165, 1.54) is 57.6 Å². The summed E-state index contributed by atoms with van der Waals surface area (Å²) in [6, 6.07) is 46.1. The van der Waals surface area contributed by atoms with Crippen molar-refractivity contribution in [2.75, 3.05) is 0 Å². The summed E-state index contributed by atoms with van der Waals surface area (Å²) in [7, 11) is 0. The van der Waals surface area contributed by atoms with Crippen molar-refractivity contribution in [2.45, 2.75) is 22.4 Å². The van der Waals surface area contributed by atoms with E-state index >= 15 is 0 Å². The molecule has 1 aliphatic heterocycles. The molecule has 6 aromatic carbocycles. The molecule has 0 spiro atoms. The zero-order chi connectivity index (χ0) is 26.4. The number of hydrogen-bond acceptors (Lipinski definition) is 0. The van der Waals surface area contributed by atoms with Gasteiger partial charge in [0.05, 0.1) is 0 Å². The number of benzene rings is 6. The fourth-order valence-electron chi connectivity index (χ4n) is 8.49. The van der Waals surface area contributed by atoms with Gasteiger partial charge in [0.1, 0.15) is 0 Å². The average molecular weight is 590 g/mol. The van der Waals surface area contributed by atoms with Gasteiger partial charge in [-0.1, -0.05) is 0 Å². The SMILES string of the molecule is CC1=Cc2c(-c3cc4ccccc4c4ccccc34)cccc2[CH]1[Zr]1([CH]2c3ccccc3-c3ccccc32)[CH2][CH2]1. The Bertz CT molecular complexity index is 1990. The molecule has 0 saturated carbocycles. The molecule has 6 aromatic rings. The van der Waals surface area contributed by atoms with E-state index in [-0.39, 0.29) is 0 Å². The molecule has 0 bridgehead atoms. The Labute approximate surface area is 240 Å². The molecule has 9 rings (SSSR count). The van der Waals surface area contributed by atoms with Gasteiger partial charge in [0.2, 0.25) is 0 Å². The normalized spacial score (nSPS) is 18.4. The molecule has 1 unspecified atom stereocenters. The number of fused-ring (bicyclic) bond motifs is 7. The van der Waals surface area contributed by atoms with Crippen LogP contribution in [-0.4, -0.2) is 0 Å². The Morgan fingerprint density at radius 1 is 0.500 bits per heavy atom. The molecule has 1 heterocycles. The fraction of sp³-hybridized carbons (Fsp3) is 0.128. The fourth-order valence-corrected chi connectivity index (χ4v) is 25.9. The summed E-state index contributed by atoms with van der Waals surface area (Å²) in [6.07, 6.45) is 2.57. The maximum absolute atomic E-state index is 2.68. The molecule has 0 radical (unpaired) electrons. The molecule has 2 aliphatic carbocycles. The van der Waals surface area contributed by atoms with Crippen molar-refractivity contribution in [3.8, 4) is 22.3 Å². The Morgan fingerprint density at radius 3 is 1.80 bits per heavy atom. The van der Waals surface area contributed by atoms with Crippen molar-refractivity contribution in [1.82, 2.24) is 0 Å². The van der Waals surface area contributed by atoms with Crippen LogP contribution in [0.5, 0.6) is 0 Å². The molecular weight excluding hydrogens is 560 g/mol. The van der Waals surface area contributed by atoms with E-state index in [4.69, 9.17) is 0 Å². The first-order valence-electron chi connectivity index (χ1n) is 14.6. The molecule has 190 valence electrons. The van der Waals surface area contributed by atoms with Gasteiger partial charge in [-0.3, -0.25) is 0 Å². The van der Waals surface area contributed by atoms with Crippen LogP contribution >= 0.6 is 0 Å². The third kappa shape index (κ3) is 3.11. The molecule has 1 heteroatoms. The van der Waals surface area contributed by atoms with Crippen LogP contribution in [0.4, 0.5) is 0 Å². The quantitative estimate of drug-likeness (QED) is 0.180. The first kappa shape index (κ1) is 23.2. The second-order valence-electron chi connectivity index (χ2n) is 12.2. The minimum absolute atomic E-state index is 0.653. The van der Waals surface area contributed by atoms with E-state index in [2.05, 4.69) is 134 Å². The van der Waals surface area contributed by atoms with Crippen molar-refractivity contribution in [3.05, 3.63) is 149 Å². The van der Waals surface area contributed by atoms with Crippen LogP contribution in [-0.2, 0) is 20.3 Å². The van der Waals surface area contributed by atoms with Crippen molar-refractivity contribution in [3.63, 3.8) is 0 Å². The van der Waals surface area contributed by atoms with E-state index in [1.54, 1.807) is 22.3 Å². The van der Waals surface area contributed by atoms with E-state index in [9.17, 15) is 0 Å². The molecule has 1 saturated heterocycles. The third-order valence-corrected chi connectivity index (χ3v) is 23.3. The predicted molar refractivity (Wildman–Crippen MR) is 167 cm³/mol. The zero-order valence-electron chi connectivity index (χ0n) is 22.7. The van der Waals surface area contributed by atoms with Crippen LogP contribution in [0.2, 0.25) is 8.26 Å². The van der Waals surface area contributed by atoms with E-state index in [0.29, 0.717) is 7.25 Å². The summed E-state index contributed by atoms with van der Waals surface area (Å²) in [4.78, 5) is 0. The Hall–Kier alpha value is -3.54. The molecule has 0 N–H and O–H groups in total. The predicted octanol–water partition coefficient (Wildman–Crippen LogP) is 10.9. The molecular formula is C39H30Zr. The maximum atomic E-state index is 2.57. The van der Waals surface area contributed by atoms with Gasteiger partial charge < -0.3 is 0 Å². The second-order valence-corrected chi connectivity index (χ2v) is 23.5. The van der Waals surface area contributed by atoms with Gasteiger partial charge in [-0.2, -0.15) is 0 Å². The van der Waals surface area contributed by atoms with Gasteiger partial charge in [-0.15, -0.1) is 0 Å². The van der Waals surface area contributed by atoms with Gasteiger partial charge in [0.15, 0.2) is 0 Å². The first-order chi connectivity index (χ1) is 19.7. The van der Waals surface area contributed by atoms with E-state index in [1.807, 2.05) is 0 Å². The summed E-state index contributed by atoms with van der Waals surface area (Å²) in [5, 5.41) is 5.36. The number of hydrogen-bond donors (Lipinski definition) is 0. The summed E-state index contributed by atoms with van der Waals surface area (Å²) in [5.41, 5.74) is 13.7. The Morgan fingerprint density at radius 2 is 1.07 bits per heavy atom. The van der Waals surface area contributed by atoms with E-state index in [0.717, 1.165) is 0 Å². The minimum atomic E-state index is -2.68. The Kier molecular flexibility index (Phi) is 4.92. The second kappa shape index (κ2) is 8.48. The van der Waals surface area contributed by atoms with Crippen LogP contribution < -0.4 is 0 Å². The third-order valence-electron chi connectivity index (χ3n) is 10.1. The molecule has 0 aromatic heterocycles.